The first-order chi connectivity index (χ1) is 27.6. The summed E-state index contributed by atoms with van der Waals surface area (Å²) < 4.78 is 24.7. The fourth-order valence-corrected chi connectivity index (χ4v) is 6.97. The van der Waals surface area contributed by atoms with Crippen LogP contribution in [-0.2, 0) is 23.7 Å². The van der Waals surface area contributed by atoms with Gasteiger partial charge in [0.2, 0.25) is 5.01 Å². The van der Waals surface area contributed by atoms with Gasteiger partial charge >= 0.3 is 36.1 Å². The number of nitrogens with one attached hydrogen (secondary N) is 1. The van der Waals surface area contributed by atoms with E-state index in [9.17, 15) is 33.6 Å². The van der Waals surface area contributed by atoms with Gasteiger partial charge in [0.1, 0.15) is 25.8 Å². The summed E-state index contributed by atoms with van der Waals surface area (Å²) in [7, 11) is 3.85. The standard InChI is InChI=1S/C15H21N3O5S.C9H18N2O2.C6H5NO4S.C5H4BrNO2S.CH4/c1-15(2,3)23-14(21)18-7-5-17(6-8-18)12(19)11-16-9-10(24-11)13(20)22-4;1-9(2,3)13-8(12)11-6-4-10-5-7-11;1-11-6(10)3-2-7-4(12-3)5(8)9;1-9-4(8)3-2-7-5(6)10-3;/h9H,5-8H2,1-4H3;10H,4-7H2,1-3H3;2H,1H3,(H,8,9);2H,1H3;1H4. The van der Waals surface area contributed by atoms with Crippen molar-refractivity contribution in [1.29, 1.82) is 0 Å². The Morgan fingerprint density at radius 3 is 1.35 bits per heavy atom. The number of aromatic carboxylic acids is 1. The van der Waals surface area contributed by atoms with Crippen LogP contribution in [0.5, 0.6) is 0 Å². The Morgan fingerprint density at radius 2 is 0.983 bits per heavy atom. The van der Waals surface area contributed by atoms with Gasteiger partial charge < -0.3 is 48.8 Å². The molecule has 20 nitrogen and oxygen atoms in total. The topological polar surface area (TPSA) is 246 Å². The second-order valence-electron chi connectivity index (χ2n) is 13.8. The number of nitrogens with zero attached hydrogens (tertiary/aromatic N) is 6. The van der Waals surface area contributed by atoms with Crippen molar-refractivity contribution in [2.24, 2.45) is 0 Å². The summed E-state index contributed by atoms with van der Waals surface area (Å²) in [5, 5.41) is 11.8. The summed E-state index contributed by atoms with van der Waals surface area (Å²) in [6.45, 7) is 15.9. The molecule has 2 aliphatic rings. The van der Waals surface area contributed by atoms with Crippen LogP contribution >= 0.6 is 49.9 Å². The normalized spacial score (nSPS) is 13.5. The summed E-state index contributed by atoms with van der Waals surface area (Å²) >= 11 is 6.17. The smallest absolute Gasteiger partial charge is 0.410 e. The van der Waals surface area contributed by atoms with Crippen molar-refractivity contribution in [3.8, 4) is 0 Å². The van der Waals surface area contributed by atoms with E-state index in [-0.39, 0.29) is 56.9 Å². The lowest BCUT2D eigenvalue weighted by atomic mass is 10.2. The van der Waals surface area contributed by atoms with E-state index in [1.54, 1.807) is 14.7 Å². The monoisotopic (exact) mass is 965 g/mol. The molecule has 2 fully saturated rings. The van der Waals surface area contributed by atoms with E-state index >= 15 is 0 Å². The Balaban J connectivity index is 0.000000426. The Bertz CT molecular complexity index is 1890. The molecule has 2 aliphatic heterocycles. The molecule has 3 amide bonds. The number of carboxylic acid groups (broad SMARTS) is 1. The molecule has 5 heterocycles. The van der Waals surface area contributed by atoms with Crippen LogP contribution < -0.4 is 5.32 Å². The number of rotatable bonds is 5. The highest BCUT2D eigenvalue weighted by Crippen LogP contribution is 2.20. The first-order valence-electron chi connectivity index (χ1n) is 17.6. The maximum atomic E-state index is 12.4. The number of hydrogen-bond acceptors (Lipinski definition) is 19. The number of carbonyl (C=O) groups excluding carboxylic acids is 6. The first kappa shape index (κ1) is 53.2. The fourth-order valence-electron chi connectivity index (χ4n) is 4.31. The van der Waals surface area contributed by atoms with Crippen LogP contribution in [0.25, 0.3) is 0 Å². The van der Waals surface area contributed by atoms with Gasteiger partial charge in [0.25, 0.3) is 5.91 Å². The maximum Gasteiger partial charge on any atom is 0.410 e. The number of carboxylic acids is 1. The molecular formula is C36H52BrN7O13S3. The molecule has 2 saturated heterocycles. The van der Waals surface area contributed by atoms with Gasteiger partial charge in [0, 0.05) is 52.4 Å². The molecule has 0 unspecified atom stereocenters. The van der Waals surface area contributed by atoms with Crippen LogP contribution in [0.15, 0.2) is 22.5 Å². The molecule has 0 radical (unpaired) electrons. The summed E-state index contributed by atoms with van der Waals surface area (Å²) in [6.07, 6.45) is 3.41. The predicted octanol–water partition coefficient (Wildman–Crippen LogP) is 5.41. The van der Waals surface area contributed by atoms with Crippen molar-refractivity contribution in [2.75, 3.05) is 73.7 Å². The molecule has 0 aliphatic carbocycles. The lowest BCUT2D eigenvalue weighted by Gasteiger charge is -2.35. The van der Waals surface area contributed by atoms with Crippen molar-refractivity contribution < 1.29 is 62.4 Å². The van der Waals surface area contributed by atoms with Crippen molar-refractivity contribution in [1.82, 2.24) is 35.0 Å². The zero-order chi connectivity index (χ0) is 44.5. The SMILES string of the molecule is C.CC(C)(C)OC(=O)N1CCNCC1.COC(=O)c1cnc(Br)s1.COC(=O)c1cnc(C(=O)N2CCN(C(=O)OC(C)(C)C)CC2)s1.COC(=O)c1cnc(C(=O)O)s1. The minimum atomic E-state index is -1.14. The molecule has 60 heavy (non-hydrogen) atoms. The number of halogens is 1. The number of hydrogen-bond donors (Lipinski definition) is 2. The number of ether oxygens (including phenoxy) is 5. The van der Waals surface area contributed by atoms with Gasteiger partial charge in [-0.05, 0) is 57.5 Å². The molecule has 0 saturated carbocycles. The van der Waals surface area contributed by atoms with E-state index in [1.165, 1.54) is 51.3 Å². The largest absolute Gasteiger partial charge is 0.476 e. The summed E-state index contributed by atoms with van der Waals surface area (Å²) in [4.78, 5) is 96.4. The average Bonchev–Trinajstić information content (AvgIpc) is 3.99. The molecule has 0 atom stereocenters. The summed E-state index contributed by atoms with van der Waals surface area (Å²) in [5.41, 5.74) is -0.933. The fraction of sp³-hybridized carbons (Fsp3) is 0.556. The first-order valence-corrected chi connectivity index (χ1v) is 20.8. The van der Waals surface area contributed by atoms with E-state index in [1.807, 2.05) is 41.5 Å². The number of piperazine rings is 2. The third kappa shape index (κ3) is 18.6. The van der Waals surface area contributed by atoms with E-state index in [0.717, 1.165) is 48.9 Å². The quantitative estimate of drug-likeness (QED) is 0.240. The number of aromatic nitrogens is 3. The molecule has 3 aromatic rings. The van der Waals surface area contributed by atoms with Gasteiger partial charge in [-0.2, -0.15) is 0 Å². The van der Waals surface area contributed by atoms with Gasteiger partial charge in [-0.15, -0.1) is 34.0 Å². The third-order valence-corrected chi connectivity index (χ3v) is 10.4. The molecule has 24 heteroatoms. The lowest BCUT2D eigenvalue weighted by Crippen LogP contribution is -2.51. The lowest BCUT2D eigenvalue weighted by molar-refractivity contribution is 0.0140. The summed E-state index contributed by atoms with van der Waals surface area (Å²) in [5.74, 6) is -2.82. The van der Waals surface area contributed by atoms with E-state index < -0.39 is 23.5 Å². The zero-order valence-corrected chi connectivity index (χ0v) is 38.1. The Kier molecular flexibility index (Phi) is 22.3. The Labute approximate surface area is 368 Å². The number of esters is 3. The molecule has 0 spiro atoms. The minimum absolute atomic E-state index is 0. The molecule has 0 aromatic carbocycles. The molecular weight excluding hydrogens is 915 g/mol. The van der Waals surface area contributed by atoms with E-state index in [4.69, 9.17) is 14.6 Å². The Hall–Kier alpha value is -4.78. The predicted molar refractivity (Wildman–Crippen MR) is 226 cm³/mol. The van der Waals surface area contributed by atoms with Crippen molar-refractivity contribution in [3.05, 3.63) is 47.2 Å². The van der Waals surface area contributed by atoms with E-state index in [0.29, 0.717) is 35.0 Å². The van der Waals surface area contributed by atoms with Crippen molar-refractivity contribution in [3.63, 3.8) is 0 Å². The van der Waals surface area contributed by atoms with Crippen molar-refractivity contribution in [2.45, 2.75) is 60.2 Å². The van der Waals surface area contributed by atoms with Crippen LogP contribution in [-0.4, -0.2) is 162 Å². The summed E-state index contributed by atoms with van der Waals surface area (Å²) in [6, 6.07) is 0. The van der Waals surface area contributed by atoms with Gasteiger partial charge in [0.05, 0.1) is 39.9 Å². The molecule has 2 N–H and O–H groups in total. The number of carbonyl (C=O) groups is 7. The average molecular weight is 967 g/mol. The highest BCUT2D eigenvalue weighted by Gasteiger charge is 2.30. The highest BCUT2D eigenvalue weighted by molar-refractivity contribution is 9.11. The highest BCUT2D eigenvalue weighted by atomic mass is 79.9. The van der Waals surface area contributed by atoms with Gasteiger partial charge in [-0.3, -0.25) is 4.79 Å². The van der Waals surface area contributed by atoms with Crippen LogP contribution in [0.1, 0.15) is 97.6 Å². The second kappa shape index (κ2) is 25.1. The van der Waals surface area contributed by atoms with Crippen molar-refractivity contribution >= 4 is 91.9 Å². The van der Waals surface area contributed by atoms with Crippen LogP contribution in [0, 0.1) is 0 Å². The second-order valence-corrected chi connectivity index (χ2v) is 18.2. The van der Waals surface area contributed by atoms with Gasteiger partial charge in [-0.25, -0.2) is 43.7 Å². The molecule has 5 rings (SSSR count). The molecule has 0 bridgehead atoms. The molecule has 3 aromatic heterocycles. The van der Waals surface area contributed by atoms with Crippen LogP contribution in [0.3, 0.4) is 0 Å². The maximum absolute atomic E-state index is 12.4. The third-order valence-electron chi connectivity index (χ3n) is 7.00. The van der Waals surface area contributed by atoms with Gasteiger partial charge in [0.15, 0.2) is 8.92 Å². The number of methoxy groups -OCH3 is 3. The number of thiazole rings is 3. The zero-order valence-electron chi connectivity index (χ0n) is 34.0. The van der Waals surface area contributed by atoms with Crippen LogP contribution in [0.2, 0.25) is 0 Å². The Morgan fingerprint density at radius 1 is 0.617 bits per heavy atom. The van der Waals surface area contributed by atoms with Crippen LogP contribution in [0.4, 0.5) is 9.59 Å². The minimum Gasteiger partial charge on any atom is -0.476 e. The number of amides is 3. The molecule has 334 valence electrons. The van der Waals surface area contributed by atoms with E-state index in [2.05, 4.69) is 50.4 Å². The van der Waals surface area contributed by atoms with Gasteiger partial charge in [-0.1, -0.05) is 7.43 Å².